The Morgan fingerprint density at radius 2 is 2.38 bits per heavy atom. The van der Waals surface area contributed by atoms with E-state index in [9.17, 15) is 4.79 Å². The van der Waals surface area contributed by atoms with Gasteiger partial charge < -0.3 is 0 Å². The van der Waals surface area contributed by atoms with Crippen LogP contribution < -0.4 is 0 Å². The summed E-state index contributed by atoms with van der Waals surface area (Å²) in [5.41, 5.74) is 2.32. The number of carbonyl (C=O) groups excluding carboxylic acids is 1. The lowest BCUT2D eigenvalue weighted by Crippen LogP contribution is -2.02. The first-order valence-electron chi connectivity index (χ1n) is 5.14. The molecule has 1 heteroatoms. The molecule has 0 aromatic carbocycles. The van der Waals surface area contributed by atoms with Crippen molar-refractivity contribution in [3.05, 3.63) is 23.3 Å². The normalized spacial score (nSPS) is 17.4. The molecule has 0 radical (unpaired) electrons. The van der Waals surface area contributed by atoms with Crippen LogP contribution in [0.1, 0.15) is 46.0 Å². The lowest BCUT2D eigenvalue weighted by atomic mass is 10.0. The van der Waals surface area contributed by atoms with Gasteiger partial charge in [0.1, 0.15) is 0 Å². The van der Waals surface area contributed by atoms with Crippen LogP contribution in [-0.2, 0) is 4.79 Å². The molecule has 0 aromatic heterocycles. The first kappa shape index (κ1) is 10.2. The van der Waals surface area contributed by atoms with Gasteiger partial charge >= 0.3 is 0 Å². The van der Waals surface area contributed by atoms with Crippen LogP contribution in [0.3, 0.4) is 0 Å². The minimum absolute atomic E-state index is 0.318. The van der Waals surface area contributed by atoms with E-state index in [4.69, 9.17) is 0 Å². The number of hydrogen-bond donors (Lipinski definition) is 0. The molecule has 1 aliphatic rings. The number of hydrogen-bond acceptors (Lipinski definition) is 1. The molecule has 0 unspecified atom stereocenters. The fourth-order valence-electron chi connectivity index (χ4n) is 1.78. The number of rotatable bonds is 4. The van der Waals surface area contributed by atoms with Crippen LogP contribution in [0, 0.1) is 0 Å². The average molecular weight is 178 g/mol. The quantitative estimate of drug-likeness (QED) is 0.476. The van der Waals surface area contributed by atoms with Gasteiger partial charge in [0, 0.05) is 6.42 Å². The first-order valence-corrected chi connectivity index (χ1v) is 5.14. The van der Waals surface area contributed by atoms with Crippen LogP contribution >= 0.6 is 0 Å². The molecular formula is C12H18O. The molecule has 0 atom stereocenters. The predicted octanol–water partition coefficient (Wildman–Crippen LogP) is 3.41. The molecule has 0 spiro atoms. The minimum Gasteiger partial charge on any atom is -0.294 e. The van der Waals surface area contributed by atoms with Crippen molar-refractivity contribution < 1.29 is 4.79 Å². The largest absolute Gasteiger partial charge is 0.294 e. The molecule has 0 heterocycles. The molecule has 0 fully saturated rings. The van der Waals surface area contributed by atoms with Gasteiger partial charge in [-0.2, -0.15) is 0 Å². The van der Waals surface area contributed by atoms with Crippen molar-refractivity contribution in [1.82, 2.24) is 0 Å². The second-order valence-corrected chi connectivity index (χ2v) is 3.52. The summed E-state index contributed by atoms with van der Waals surface area (Å²) in [5, 5.41) is 0. The molecule has 1 nitrogen and oxygen atoms in total. The molecule has 13 heavy (non-hydrogen) atoms. The molecule has 72 valence electrons. The lowest BCUT2D eigenvalue weighted by molar-refractivity contribution is -0.115. The zero-order valence-electron chi connectivity index (χ0n) is 8.60. The van der Waals surface area contributed by atoms with Crippen molar-refractivity contribution in [3.8, 4) is 0 Å². The van der Waals surface area contributed by atoms with Crippen LogP contribution in [0.25, 0.3) is 0 Å². The molecule has 0 saturated heterocycles. The third-order valence-electron chi connectivity index (χ3n) is 2.61. The second-order valence-electron chi connectivity index (χ2n) is 3.52. The summed E-state index contributed by atoms with van der Waals surface area (Å²) >= 11 is 0. The molecule has 0 aromatic rings. The van der Waals surface area contributed by atoms with E-state index >= 15 is 0 Å². The topological polar surface area (TPSA) is 17.1 Å². The van der Waals surface area contributed by atoms with E-state index < -0.39 is 0 Å². The van der Waals surface area contributed by atoms with Crippen LogP contribution in [0.15, 0.2) is 23.3 Å². The molecule has 1 rings (SSSR count). The van der Waals surface area contributed by atoms with Gasteiger partial charge in [0.25, 0.3) is 0 Å². The van der Waals surface area contributed by atoms with E-state index in [2.05, 4.69) is 6.08 Å². The lowest BCUT2D eigenvalue weighted by Gasteiger charge is -2.03. The fourth-order valence-corrected chi connectivity index (χ4v) is 1.78. The number of allylic oxidation sites excluding steroid dienone is 4. The SMILES string of the molecule is CC=C(CC)C(=O)CC1=CCCC1. The van der Waals surface area contributed by atoms with E-state index in [0.29, 0.717) is 12.2 Å². The highest BCUT2D eigenvalue weighted by Gasteiger charge is 2.11. The van der Waals surface area contributed by atoms with Crippen molar-refractivity contribution in [2.24, 2.45) is 0 Å². The Bertz CT molecular complexity index is 246. The van der Waals surface area contributed by atoms with E-state index in [1.54, 1.807) is 0 Å². The van der Waals surface area contributed by atoms with Crippen molar-refractivity contribution in [3.63, 3.8) is 0 Å². The van der Waals surface area contributed by atoms with Gasteiger partial charge in [-0.25, -0.2) is 0 Å². The molecular weight excluding hydrogens is 160 g/mol. The third-order valence-corrected chi connectivity index (χ3v) is 2.61. The van der Waals surface area contributed by atoms with Gasteiger partial charge in [0.15, 0.2) is 5.78 Å². The smallest absolute Gasteiger partial charge is 0.162 e. The predicted molar refractivity (Wildman–Crippen MR) is 55.6 cm³/mol. The maximum atomic E-state index is 11.7. The van der Waals surface area contributed by atoms with Crippen LogP contribution in [0.5, 0.6) is 0 Å². The zero-order valence-corrected chi connectivity index (χ0v) is 8.60. The first-order chi connectivity index (χ1) is 6.27. The van der Waals surface area contributed by atoms with E-state index in [1.807, 2.05) is 19.9 Å². The minimum atomic E-state index is 0.318. The average Bonchev–Trinajstić information content (AvgIpc) is 2.59. The molecule has 0 bridgehead atoms. The Hall–Kier alpha value is -0.850. The summed E-state index contributed by atoms with van der Waals surface area (Å²) in [6, 6.07) is 0. The summed E-state index contributed by atoms with van der Waals surface area (Å²) < 4.78 is 0. The standard InChI is InChI=1S/C12H18O/c1-3-11(4-2)12(13)9-10-7-5-6-8-10/h3,7H,4-6,8-9H2,1-2H3. The van der Waals surface area contributed by atoms with Crippen molar-refractivity contribution in [1.29, 1.82) is 0 Å². The van der Waals surface area contributed by atoms with Crippen LogP contribution in [0.2, 0.25) is 0 Å². The van der Waals surface area contributed by atoms with Gasteiger partial charge in [-0.3, -0.25) is 4.79 Å². The summed E-state index contributed by atoms with van der Waals surface area (Å²) in [7, 11) is 0. The fraction of sp³-hybridized carbons (Fsp3) is 0.583. The summed E-state index contributed by atoms with van der Waals surface area (Å²) in [6.45, 7) is 3.98. The monoisotopic (exact) mass is 178 g/mol. The van der Waals surface area contributed by atoms with E-state index in [1.165, 1.54) is 18.4 Å². The van der Waals surface area contributed by atoms with Crippen LogP contribution in [0.4, 0.5) is 0 Å². The Morgan fingerprint density at radius 1 is 1.62 bits per heavy atom. The van der Waals surface area contributed by atoms with Gasteiger partial charge in [0.05, 0.1) is 0 Å². The highest BCUT2D eigenvalue weighted by atomic mass is 16.1. The van der Waals surface area contributed by atoms with Crippen molar-refractivity contribution in [2.75, 3.05) is 0 Å². The summed E-state index contributed by atoms with van der Waals surface area (Å²) in [6.07, 6.45) is 9.22. The van der Waals surface area contributed by atoms with Gasteiger partial charge in [0.2, 0.25) is 0 Å². The van der Waals surface area contributed by atoms with Crippen LogP contribution in [-0.4, -0.2) is 5.78 Å². The zero-order chi connectivity index (χ0) is 9.68. The highest BCUT2D eigenvalue weighted by molar-refractivity contribution is 5.96. The molecule has 0 amide bonds. The Balaban J connectivity index is 2.49. The second kappa shape index (κ2) is 5.00. The molecule has 0 aliphatic heterocycles. The van der Waals surface area contributed by atoms with E-state index in [0.717, 1.165) is 18.4 Å². The van der Waals surface area contributed by atoms with Gasteiger partial charge in [-0.15, -0.1) is 0 Å². The Labute approximate surface area is 80.5 Å². The van der Waals surface area contributed by atoms with E-state index in [-0.39, 0.29) is 0 Å². The maximum Gasteiger partial charge on any atom is 0.162 e. The highest BCUT2D eigenvalue weighted by Crippen LogP contribution is 2.22. The van der Waals surface area contributed by atoms with Gasteiger partial charge in [-0.1, -0.05) is 24.6 Å². The van der Waals surface area contributed by atoms with Crippen molar-refractivity contribution >= 4 is 5.78 Å². The molecule has 0 saturated carbocycles. The van der Waals surface area contributed by atoms with Gasteiger partial charge in [-0.05, 0) is 38.2 Å². The summed E-state index contributed by atoms with van der Waals surface area (Å²) in [5.74, 6) is 0.318. The molecule has 1 aliphatic carbocycles. The Kier molecular flexibility index (Phi) is 3.94. The summed E-state index contributed by atoms with van der Waals surface area (Å²) in [4.78, 5) is 11.7. The molecule has 0 N–H and O–H groups in total. The third kappa shape index (κ3) is 2.83. The number of ketones is 1. The number of carbonyl (C=O) groups is 1. The van der Waals surface area contributed by atoms with Crippen molar-refractivity contribution in [2.45, 2.75) is 46.0 Å². The maximum absolute atomic E-state index is 11.7. The Morgan fingerprint density at radius 3 is 2.85 bits per heavy atom. The number of Topliss-reactive ketones (excluding diaryl/α,β-unsaturated/α-hetero) is 1.